The Morgan fingerprint density at radius 2 is 1.77 bits per heavy atom. The van der Waals surface area contributed by atoms with E-state index in [0.717, 1.165) is 47.2 Å². The molecule has 6 heteroatoms. The molecule has 0 unspecified atom stereocenters. The van der Waals surface area contributed by atoms with E-state index in [1.54, 1.807) is 18.7 Å². The number of rotatable bonds is 3. The van der Waals surface area contributed by atoms with Gasteiger partial charge in [0.2, 0.25) is 5.95 Å². The molecule has 1 fully saturated rings. The highest BCUT2D eigenvalue weighted by Crippen LogP contribution is 2.33. The molecule has 2 atom stereocenters. The van der Waals surface area contributed by atoms with Gasteiger partial charge in [0.05, 0.1) is 24.2 Å². The first-order valence-corrected chi connectivity index (χ1v) is 8.84. The predicted octanol–water partition coefficient (Wildman–Crippen LogP) is 3.72. The van der Waals surface area contributed by atoms with E-state index in [2.05, 4.69) is 28.7 Å². The Labute approximate surface area is 152 Å². The fourth-order valence-electron chi connectivity index (χ4n) is 3.44. The van der Waals surface area contributed by atoms with E-state index >= 15 is 0 Å². The Hall–Kier alpha value is -2.73. The minimum atomic E-state index is 0.154. The zero-order valence-electron chi connectivity index (χ0n) is 15.2. The summed E-state index contributed by atoms with van der Waals surface area (Å²) in [5, 5.41) is 0. The summed E-state index contributed by atoms with van der Waals surface area (Å²) >= 11 is 0. The van der Waals surface area contributed by atoms with Crippen molar-refractivity contribution >= 4 is 5.95 Å². The van der Waals surface area contributed by atoms with Crippen molar-refractivity contribution in [3.63, 3.8) is 0 Å². The molecule has 4 rings (SSSR count). The topological polar surface area (TPSA) is 64.3 Å². The van der Waals surface area contributed by atoms with Crippen molar-refractivity contribution < 1.29 is 9.15 Å². The van der Waals surface area contributed by atoms with Gasteiger partial charge in [-0.1, -0.05) is 0 Å². The molecule has 3 aromatic heterocycles. The van der Waals surface area contributed by atoms with Gasteiger partial charge in [-0.15, -0.1) is 0 Å². The molecule has 0 bridgehead atoms. The lowest BCUT2D eigenvalue weighted by atomic mass is 10.0. The summed E-state index contributed by atoms with van der Waals surface area (Å²) in [4.78, 5) is 15.9. The number of hydrogen-bond donors (Lipinski definition) is 0. The van der Waals surface area contributed by atoms with Crippen molar-refractivity contribution in [2.24, 2.45) is 0 Å². The Morgan fingerprint density at radius 1 is 1.04 bits per heavy atom. The molecule has 4 heterocycles. The standard InChI is InChI=1S/C20H22N4O2/c1-13-11-24(12-14(2)26-13)20-22-10-18(16-4-7-21-8-5-16)19(23-20)17-6-9-25-15(17)3/h4-10,13-14H,11-12H2,1-3H3/t13-,14+. The molecule has 0 spiro atoms. The van der Waals surface area contributed by atoms with E-state index in [1.165, 1.54) is 0 Å². The maximum Gasteiger partial charge on any atom is 0.226 e. The minimum Gasteiger partial charge on any atom is -0.469 e. The predicted molar refractivity (Wildman–Crippen MR) is 99.9 cm³/mol. The number of hydrogen-bond acceptors (Lipinski definition) is 6. The highest BCUT2D eigenvalue weighted by atomic mass is 16.5. The molecule has 26 heavy (non-hydrogen) atoms. The van der Waals surface area contributed by atoms with Gasteiger partial charge in [-0.2, -0.15) is 0 Å². The van der Waals surface area contributed by atoms with Gasteiger partial charge in [0.25, 0.3) is 0 Å². The molecule has 1 saturated heterocycles. The summed E-state index contributed by atoms with van der Waals surface area (Å²) < 4.78 is 11.4. The van der Waals surface area contributed by atoms with Gasteiger partial charge in [-0.05, 0) is 44.5 Å². The lowest BCUT2D eigenvalue weighted by molar-refractivity contribution is -0.00571. The number of pyridine rings is 1. The third-order valence-electron chi connectivity index (χ3n) is 4.58. The molecule has 134 valence electrons. The summed E-state index contributed by atoms with van der Waals surface area (Å²) in [5.74, 6) is 1.56. The minimum absolute atomic E-state index is 0.154. The van der Waals surface area contributed by atoms with Crippen LogP contribution in [0.1, 0.15) is 19.6 Å². The van der Waals surface area contributed by atoms with Crippen LogP contribution in [0.15, 0.2) is 47.5 Å². The van der Waals surface area contributed by atoms with Crippen molar-refractivity contribution in [3.05, 3.63) is 48.8 Å². The van der Waals surface area contributed by atoms with Crippen LogP contribution < -0.4 is 4.90 Å². The number of ether oxygens (including phenoxy) is 1. The van der Waals surface area contributed by atoms with Gasteiger partial charge in [0.1, 0.15) is 5.76 Å². The van der Waals surface area contributed by atoms with E-state index in [0.29, 0.717) is 0 Å². The summed E-state index contributed by atoms with van der Waals surface area (Å²) in [6.07, 6.45) is 7.45. The number of furan rings is 1. The fraction of sp³-hybridized carbons (Fsp3) is 0.350. The second kappa shape index (κ2) is 6.88. The number of morpholine rings is 1. The molecule has 1 aliphatic heterocycles. The second-order valence-corrected chi connectivity index (χ2v) is 6.72. The summed E-state index contributed by atoms with van der Waals surface area (Å²) in [6, 6.07) is 5.89. The highest BCUT2D eigenvalue weighted by Gasteiger charge is 2.25. The van der Waals surface area contributed by atoms with Crippen LogP contribution in [0.3, 0.4) is 0 Å². The van der Waals surface area contributed by atoms with Gasteiger partial charge in [0.15, 0.2) is 0 Å². The Morgan fingerprint density at radius 3 is 2.42 bits per heavy atom. The molecule has 6 nitrogen and oxygen atoms in total. The van der Waals surface area contributed by atoms with Crippen LogP contribution in [-0.2, 0) is 4.74 Å². The zero-order chi connectivity index (χ0) is 18.1. The maximum atomic E-state index is 5.83. The van der Waals surface area contributed by atoms with Gasteiger partial charge in [-0.3, -0.25) is 4.98 Å². The largest absolute Gasteiger partial charge is 0.469 e. The van der Waals surface area contributed by atoms with Crippen molar-refractivity contribution in [1.29, 1.82) is 0 Å². The van der Waals surface area contributed by atoms with E-state index in [-0.39, 0.29) is 12.2 Å². The first kappa shape index (κ1) is 16.7. The summed E-state index contributed by atoms with van der Waals surface area (Å²) in [6.45, 7) is 7.67. The summed E-state index contributed by atoms with van der Waals surface area (Å²) in [5.41, 5.74) is 3.86. The Bertz CT molecular complexity index is 884. The number of aromatic nitrogens is 3. The first-order valence-electron chi connectivity index (χ1n) is 8.84. The van der Waals surface area contributed by atoms with Gasteiger partial charge in [0, 0.05) is 42.8 Å². The average molecular weight is 350 g/mol. The van der Waals surface area contributed by atoms with Crippen LogP contribution in [0.25, 0.3) is 22.4 Å². The number of aryl methyl sites for hydroxylation is 1. The monoisotopic (exact) mass is 350 g/mol. The average Bonchev–Trinajstić information content (AvgIpc) is 3.07. The lowest BCUT2D eigenvalue weighted by Gasteiger charge is -2.35. The molecule has 0 aromatic carbocycles. The molecule has 1 aliphatic rings. The van der Waals surface area contributed by atoms with Crippen LogP contribution in [0.2, 0.25) is 0 Å². The zero-order valence-corrected chi connectivity index (χ0v) is 15.2. The molecule has 0 aliphatic carbocycles. The van der Waals surface area contributed by atoms with Crippen LogP contribution in [0.5, 0.6) is 0 Å². The summed E-state index contributed by atoms with van der Waals surface area (Å²) in [7, 11) is 0. The molecular formula is C20H22N4O2. The number of nitrogens with zero attached hydrogens (tertiary/aromatic N) is 4. The van der Waals surface area contributed by atoms with Crippen LogP contribution in [0, 0.1) is 6.92 Å². The van der Waals surface area contributed by atoms with Crippen LogP contribution in [-0.4, -0.2) is 40.2 Å². The maximum absolute atomic E-state index is 5.83. The molecule has 0 radical (unpaired) electrons. The van der Waals surface area contributed by atoms with Crippen molar-refractivity contribution in [2.75, 3.05) is 18.0 Å². The normalized spacial score (nSPS) is 20.3. The quantitative estimate of drug-likeness (QED) is 0.717. The SMILES string of the molecule is Cc1occc1-c1nc(N2C[C@@H](C)O[C@@H](C)C2)ncc1-c1ccncc1. The first-order chi connectivity index (χ1) is 12.6. The van der Waals surface area contributed by atoms with Crippen molar-refractivity contribution in [1.82, 2.24) is 15.0 Å². The van der Waals surface area contributed by atoms with E-state index < -0.39 is 0 Å². The van der Waals surface area contributed by atoms with Gasteiger partial charge in [-0.25, -0.2) is 9.97 Å². The van der Waals surface area contributed by atoms with E-state index in [4.69, 9.17) is 14.1 Å². The van der Waals surface area contributed by atoms with Gasteiger partial charge >= 0.3 is 0 Å². The van der Waals surface area contributed by atoms with Crippen molar-refractivity contribution in [2.45, 2.75) is 33.0 Å². The highest BCUT2D eigenvalue weighted by molar-refractivity contribution is 5.81. The van der Waals surface area contributed by atoms with Crippen molar-refractivity contribution in [3.8, 4) is 22.4 Å². The fourth-order valence-corrected chi connectivity index (χ4v) is 3.44. The molecule has 0 amide bonds. The van der Waals surface area contributed by atoms with E-state index in [9.17, 15) is 0 Å². The van der Waals surface area contributed by atoms with Crippen LogP contribution >= 0.6 is 0 Å². The molecule has 0 N–H and O–H groups in total. The lowest BCUT2D eigenvalue weighted by Crippen LogP contribution is -2.46. The third-order valence-corrected chi connectivity index (χ3v) is 4.58. The Kier molecular flexibility index (Phi) is 4.42. The van der Waals surface area contributed by atoms with E-state index in [1.807, 2.05) is 31.3 Å². The Balaban J connectivity index is 1.81. The second-order valence-electron chi connectivity index (χ2n) is 6.72. The van der Waals surface area contributed by atoms with Gasteiger partial charge < -0.3 is 14.1 Å². The van der Waals surface area contributed by atoms with Crippen LogP contribution in [0.4, 0.5) is 5.95 Å². The molecule has 0 saturated carbocycles. The molecular weight excluding hydrogens is 328 g/mol. The smallest absolute Gasteiger partial charge is 0.226 e. The number of anilines is 1. The molecule has 3 aromatic rings. The third kappa shape index (κ3) is 3.20.